The Kier molecular flexibility index (Phi) is 3.30. The molecule has 0 spiro atoms. The van der Waals surface area contributed by atoms with Gasteiger partial charge in [-0.25, -0.2) is 0 Å². The lowest BCUT2D eigenvalue weighted by atomic mass is 10.2. The van der Waals surface area contributed by atoms with Crippen LogP contribution in [0, 0.1) is 6.92 Å². The minimum Gasteiger partial charge on any atom is -0.324 e. The van der Waals surface area contributed by atoms with E-state index in [4.69, 9.17) is 0 Å². The molecule has 5 nitrogen and oxygen atoms in total. The van der Waals surface area contributed by atoms with Crippen LogP contribution in [0.15, 0.2) is 48.8 Å². The van der Waals surface area contributed by atoms with Gasteiger partial charge in [0.1, 0.15) is 5.01 Å². The van der Waals surface area contributed by atoms with Crippen molar-refractivity contribution < 1.29 is 4.79 Å². The Morgan fingerprint density at radius 2 is 2.00 bits per heavy atom. The van der Waals surface area contributed by atoms with Crippen LogP contribution in [0.3, 0.4) is 0 Å². The Labute approximate surface area is 119 Å². The van der Waals surface area contributed by atoms with Crippen LogP contribution in [0.2, 0.25) is 0 Å². The molecule has 0 bridgehead atoms. The van der Waals surface area contributed by atoms with Crippen LogP contribution in [0.4, 0.5) is 5.13 Å². The van der Waals surface area contributed by atoms with Gasteiger partial charge >= 0.3 is 0 Å². The van der Waals surface area contributed by atoms with Crippen molar-refractivity contribution in [1.29, 1.82) is 0 Å². The molecule has 0 radical (unpaired) electrons. The molecule has 100 valence electrons. The molecule has 6 heteroatoms. The normalized spacial score (nSPS) is 10.4. The third-order valence-electron chi connectivity index (χ3n) is 2.76. The lowest BCUT2D eigenvalue weighted by molar-refractivity contribution is 0.102. The van der Waals surface area contributed by atoms with Crippen molar-refractivity contribution >= 4 is 22.4 Å². The van der Waals surface area contributed by atoms with Gasteiger partial charge in [0.25, 0.3) is 5.91 Å². The molecule has 0 unspecified atom stereocenters. The zero-order chi connectivity index (χ0) is 13.9. The van der Waals surface area contributed by atoms with E-state index in [1.54, 1.807) is 6.07 Å². The topological polar surface area (TPSA) is 59.8 Å². The summed E-state index contributed by atoms with van der Waals surface area (Å²) in [7, 11) is 0. The third kappa shape index (κ3) is 2.60. The van der Waals surface area contributed by atoms with Crippen molar-refractivity contribution in [3.05, 3.63) is 59.4 Å². The highest BCUT2D eigenvalue weighted by Crippen LogP contribution is 2.16. The van der Waals surface area contributed by atoms with Gasteiger partial charge < -0.3 is 4.57 Å². The maximum Gasteiger partial charge on any atom is 0.257 e. The van der Waals surface area contributed by atoms with Gasteiger partial charge in [-0.15, -0.1) is 10.2 Å². The van der Waals surface area contributed by atoms with Gasteiger partial charge in [-0.05, 0) is 37.3 Å². The number of aromatic nitrogens is 3. The molecule has 2 heterocycles. The summed E-state index contributed by atoms with van der Waals surface area (Å²) in [6.45, 7) is 1.85. The van der Waals surface area contributed by atoms with E-state index in [0.717, 1.165) is 10.7 Å². The number of carbonyl (C=O) groups excluding carboxylic acids is 1. The van der Waals surface area contributed by atoms with Crippen LogP contribution in [0.1, 0.15) is 15.4 Å². The minimum absolute atomic E-state index is 0.185. The molecule has 0 atom stereocenters. The summed E-state index contributed by atoms with van der Waals surface area (Å²) in [4.78, 5) is 12.2. The van der Waals surface area contributed by atoms with Crippen LogP contribution < -0.4 is 5.32 Å². The van der Waals surface area contributed by atoms with Crippen LogP contribution in [-0.4, -0.2) is 20.7 Å². The summed E-state index contributed by atoms with van der Waals surface area (Å²) in [5.41, 5.74) is 1.53. The number of anilines is 1. The number of hydrogen-bond acceptors (Lipinski definition) is 4. The maximum absolute atomic E-state index is 12.2. The SMILES string of the molecule is Cc1nnc(NC(=O)c2cccc(-n3cccc3)c2)s1. The van der Waals surface area contributed by atoms with Crippen molar-refractivity contribution in [1.82, 2.24) is 14.8 Å². The maximum atomic E-state index is 12.2. The molecule has 0 aliphatic rings. The largest absolute Gasteiger partial charge is 0.324 e. The molecule has 0 aliphatic carbocycles. The fourth-order valence-corrected chi connectivity index (χ4v) is 2.42. The van der Waals surface area contributed by atoms with Crippen LogP contribution >= 0.6 is 11.3 Å². The van der Waals surface area contributed by atoms with E-state index in [1.807, 2.05) is 54.2 Å². The Bertz CT molecular complexity index is 733. The fraction of sp³-hybridized carbons (Fsp3) is 0.0714. The predicted molar refractivity (Wildman–Crippen MR) is 78.4 cm³/mol. The molecule has 1 amide bonds. The molecule has 20 heavy (non-hydrogen) atoms. The van der Waals surface area contributed by atoms with E-state index in [-0.39, 0.29) is 5.91 Å². The fourth-order valence-electron chi connectivity index (χ4n) is 1.83. The zero-order valence-electron chi connectivity index (χ0n) is 10.8. The van der Waals surface area contributed by atoms with Crippen molar-refractivity contribution in [3.8, 4) is 5.69 Å². The first-order valence-corrected chi connectivity index (χ1v) is 6.89. The molecule has 3 aromatic rings. The van der Waals surface area contributed by atoms with Gasteiger partial charge in [-0.2, -0.15) is 0 Å². The average Bonchev–Trinajstić information content (AvgIpc) is 3.11. The van der Waals surface area contributed by atoms with Crippen LogP contribution in [0.25, 0.3) is 5.69 Å². The number of nitrogens with one attached hydrogen (secondary N) is 1. The second-order valence-electron chi connectivity index (χ2n) is 4.22. The summed E-state index contributed by atoms with van der Waals surface area (Å²) >= 11 is 1.35. The van der Waals surface area contributed by atoms with Crippen LogP contribution in [-0.2, 0) is 0 Å². The first kappa shape index (κ1) is 12.6. The summed E-state index contributed by atoms with van der Waals surface area (Å²) in [5.74, 6) is -0.185. The van der Waals surface area contributed by atoms with Gasteiger partial charge in [-0.3, -0.25) is 10.1 Å². The Balaban J connectivity index is 1.83. The predicted octanol–water partition coefficient (Wildman–Crippen LogP) is 2.89. The first-order chi connectivity index (χ1) is 9.72. The molecule has 0 aliphatic heterocycles. The van der Waals surface area contributed by atoms with Crippen molar-refractivity contribution in [3.63, 3.8) is 0 Å². The van der Waals surface area contributed by atoms with Crippen molar-refractivity contribution in [2.24, 2.45) is 0 Å². The lowest BCUT2D eigenvalue weighted by Crippen LogP contribution is -2.12. The quantitative estimate of drug-likeness (QED) is 0.804. The lowest BCUT2D eigenvalue weighted by Gasteiger charge is -2.06. The molecule has 1 N–H and O–H groups in total. The van der Waals surface area contributed by atoms with Crippen molar-refractivity contribution in [2.45, 2.75) is 6.92 Å². The highest BCUT2D eigenvalue weighted by atomic mass is 32.1. The number of amides is 1. The van der Waals surface area contributed by atoms with Gasteiger partial charge in [0.05, 0.1) is 0 Å². The van der Waals surface area contributed by atoms with Gasteiger partial charge in [0.15, 0.2) is 0 Å². The highest BCUT2D eigenvalue weighted by molar-refractivity contribution is 7.15. The summed E-state index contributed by atoms with van der Waals surface area (Å²) in [5, 5.41) is 11.8. The number of hydrogen-bond donors (Lipinski definition) is 1. The molecular formula is C14H12N4OS. The second-order valence-corrected chi connectivity index (χ2v) is 5.40. The summed E-state index contributed by atoms with van der Waals surface area (Å²) < 4.78 is 1.95. The van der Waals surface area contributed by atoms with Gasteiger partial charge in [0.2, 0.25) is 5.13 Å². The number of nitrogens with zero attached hydrogens (tertiary/aromatic N) is 3. The average molecular weight is 284 g/mol. The van der Waals surface area contributed by atoms with Gasteiger partial charge in [-0.1, -0.05) is 17.4 Å². The Morgan fingerprint density at radius 3 is 2.70 bits per heavy atom. The van der Waals surface area contributed by atoms with E-state index >= 15 is 0 Å². The Hall–Kier alpha value is -2.47. The number of benzene rings is 1. The molecular weight excluding hydrogens is 272 g/mol. The highest BCUT2D eigenvalue weighted by Gasteiger charge is 2.09. The zero-order valence-corrected chi connectivity index (χ0v) is 11.6. The summed E-state index contributed by atoms with van der Waals surface area (Å²) in [6.07, 6.45) is 3.87. The number of aryl methyl sites for hydroxylation is 1. The van der Waals surface area contributed by atoms with Crippen LogP contribution in [0.5, 0.6) is 0 Å². The summed E-state index contributed by atoms with van der Waals surface area (Å²) in [6, 6.07) is 11.3. The van der Waals surface area contributed by atoms with Crippen molar-refractivity contribution in [2.75, 3.05) is 5.32 Å². The number of carbonyl (C=O) groups is 1. The minimum atomic E-state index is -0.185. The van der Waals surface area contributed by atoms with E-state index in [9.17, 15) is 4.79 Å². The standard InChI is InChI=1S/C14H12N4OS/c1-10-16-17-14(20-10)15-13(19)11-5-4-6-12(9-11)18-7-2-3-8-18/h2-9H,1H3,(H,15,17,19). The molecule has 0 fully saturated rings. The van der Waals surface area contributed by atoms with Gasteiger partial charge in [0, 0.05) is 23.6 Å². The molecule has 0 saturated carbocycles. The van der Waals surface area contributed by atoms with E-state index in [2.05, 4.69) is 15.5 Å². The molecule has 0 saturated heterocycles. The number of rotatable bonds is 3. The molecule has 2 aromatic heterocycles. The monoisotopic (exact) mass is 284 g/mol. The molecule has 1 aromatic carbocycles. The molecule has 3 rings (SSSR count). The van der Waals surface area contributed by atoms with E-state index in [1.165, 1.54) is 11.3 Å². The Morgan fingerprint density at radius 1 is 1.20 bits per heavy atom. The first-order valence-electron chi connectivity index (χ1n) is 6.07. The smallest absolute Gasteiger partial charge is 0.257 e. The second kappa shape index (κ2) is 5.26. The van der Waals surface area contributed by atoms with E-state index in [0.29, 0.717) is 10.7 Å². The van der Waals surface area contributed by atoms with E-state index < -0.39 is 0 Å². The third-order valence-corrected chi connectivity index (χ3v) is 3.51.